The Balaban J connectivity index is 1.46. The molecule has 0 saturated carbocycles. The maximum absolute atomic E-state index is 13.1. The Morgan fingerprint density at radius 2 is 1.88 bits per heavy atom. The molecule has 0 fully saturated rings. The molecule has 2 aromatic carbocycles. The molecule has 0 unspecified atom stereocenters. The highest BCUT2D eigenvalue weighted by Gasteiger charge is 2.21. The van der Waals surface area contributed by atoms with Gasteiger partial charge in [-0.25, -0.2) is 0 Å². The van der Waals surface area contributed by atoms with Crippen LogP contribution in [0.25, 0.3) is 22.6 Å². The average Bonchev–Trinajstić information content (AvgIpc) is 3.40. The number of benzene rings is 2. The monoisotopic (exact) mass is 459 g/mol. The zero-order valence-corrected chi connectivity index (χ0v) is 18.6. The number of allylic oxidation sites excluding steroid dienone is 1. The number of unbranched alkanes of at least 4 members (excludes halogenated alkanes) is 4. The number of ether oxygens (including phenoxy) is 1. The van der Waals surface area contributed by atoms with Crippen LogP contribution in [-0.4, -0.2) is 33.1 Å². The van der Waals surface area contributed by atoms with Gasteiger partial charge in [-0.05, 0) is 60.9 Å². The Labute approximate surface area is 195 Å². The topological polar surface area (TPSA) is 123 Å². The first-order valence-corrected chi connectivity index (χ1v) is 11.1. The number of para-hydroxylation sites is 1. The number of hydrogen-bond acceptors (Lipinski definition) is 7. The summed E-state index contributed by atoms with van der Waals surface area (Å²) in [6.07, 6.45) is 7.36. The summed E-state index contributed by atoms with van der Waals surface area (Å²) in [6.45, 7) is 4.34. The van der Waals surface area contributed by atoms with Gasteiger partial charge in [0.2, 0.25) is 17.0 Å². The molecule has 0 atom stereocenters. The number of carbonyl (C=O) groups is 1. The third-order valence-electron chi connectivity index (χ3n) is 5.27. The van der Waals surface area contributed by atoms with Gasteiger partial charge < -0.3 is 14.5 Å². The first-order valence-electron chi connectivity index (χ1n) is 11.1. The van der Waals surface area contributed by atoms with Crippen molar-refractivity contribution in [2.45, 2.75) is 32.1 Å². The number of hydrogen-bond donors (Lipinski definition) is 2. The van der Waals surface area contributed by atoms with Crippen LogP contribution in [0, 0.1) is 0 Å². The average molecular weight is 460 g/mol. The molecule has 9 heteroatoms. The molecule has 0 aliphatic carbocycles. The molecule has 2 aromatic heterocycles. The minimum atomic E-state index is -0.471. The quantitative estimate of drug-likeness (QED) is 0.245. The first kappa shape index (κ1) is 22.9. The number of nitrogens with one attached hydrogen (secondary N) is 2. The van der Waals surface area contributed by atoms with Gasteiger partial charge in [-0.2, -0.15) is 5.21 Å². The normalized spacial score (nSPS) is 10.8. The van der Waals surface area contributed by atoms with Gasteiger partial charge in [-0.15, -0.1) is 16.8 Å². The Kier molecular flexibility index (Phi) is 7.44. The number of aromatic amines is 1. The summed E-state index contributed by atoms with van der Waals surface area (Å²) < 4.78 is 11.6. The summed E-state index contributed by atoms with van der Waals surface area (Å²) >= 11 is 0. The summed E-state index contributed by atoms with van der Waals surface area (Å²) in [4.78, 5) is 26.0. The number of tetrazole rings is 1. The molecule has 9 nitrogen and oxygen atoms in total. The molecule has 0 radical (unpaired) electrons. The van der Waals surface area contributed by atoms with Gasteiger partial charge >= 0.3 is 0 Å². The molecule has 2 heterocycles. The number of nitrogens with zero attached hydrogens (tertiary/aromatic N) is 3. The summed E-state index contributed by atoms with van der Waals surface area (Å²) in [6, 6.07) is 13.5. The highest BCUT2D eigenvalue weighted by molar-refractivity contribution is 6.06. The fourth-order valence-electron chi connectivity index (χ4n) is 3.49. The summed E-state index contributed by atoms with van der Waals surface area (Å²) in [7, 11) is 0. The molecule has 0 spiro atoms. The molecule has 2 N–H and O–H groups in total. The molecule has 34 heavy (non-hydrogen) atoms. The smallest absolute Gasteiger partial charge is 0.255 e. The van der Waals surface area contributed by atoms with Gasteiger partial charge in [-0.1, -0.05) is 31.1 Å². The van der Waals surface area contributed by atoms with Crippen LogP contribution in [0.15, 0.2) is 70.4 Å². The molecule has 4 rings (SSSR count). The van der Waals surface area contributed by atoms with E-state index in [0.29, 0.717) is 28.9 Å². The molecular formula is C25H25N5O4. The van der Waals surface area contributed by atoms with Gasteiger partial charge in [-0.3, -0.25) is 9.59 Å². The minimum absolute atomic E-state index is 0.0267. The Morgan fingerprint density at radius 3 is 2.65 bits per heavy atom. The van der Waals surface area contributed by atoms with Gasteiger partial charge in [0.25, 0.3) is 5.91 Å². The molecule has 0 aliphatic rings. The van der Waals surface area contributed by atoms with Crippen LogP contribution in [0.4, 0.5) is 5.69 Å². The van der Waals surface area contributed by atoms with Gasteiger partial charge in [0.15, 0.2) is 0 Å². The van der Waals surface area contributed by atoms with Crippen LogP contribution in [0.3, 0.4) is 0 Å². The lowest BCUT2D eigenvalue weighted by atomic mass is 10.1. The zero-order valence-electron chi connectivity index (χ0n) is 18.6. The van der Waals surface area contributed by atoms with Crippen LogP contribution in [0.2, 0.25) is 0 Å². The summed E-state index contributed by atoms with van der Waals surface area (Å²) in [5.41, 5.74) is 0.265. The van der Waals surface area contributed by atoms with Crippen LogP contribution in [0.5, 0.6) is 5.75 Å². The predicted octanol–water partition coefficient (Wildman–Crippen LogP) is 4.74. The van der Waals surface area contributed by atoms with E-state index >= 15 is 0 Å². The Bertz CT molecular complexity index is 1310. The zero-order chi connectivity index (χ0) is 23.8. The van der Waals surface area contributed by atoms with Crippen molar-refractivity contribution in [2.75, 3.05) is 11.9 Å². The number of carbonyl (C=O) groups excluding carboxylic acids is 1. The van der Waals surface area contributed by atoms with Gasteiger partial charge in [0.05, 0.1) is 12.0 Å². The van der Waals surface area contributed by atoms with Crippen molar-refractivity contribution in [1.29, 1.82) is 0 Å². The Morgan fingerprint density at radius 1 is 1.09 bits per heavy atom. The van der Waals surface area contributed by atoms with E-state index in [2.05, 4.69) is 32.5 Å². The largest absolute Gasteiger partial charge is 0.494 e. The highest BCUT2D eigenvalue weighted by Crippen LogP contribution is 2.26. The highest BCUT2D eigenvalue weighted by atomic mass is 16.5. The van der Waals surface area contributed by atoms with E-state index in [1.165, 1.54) is 0 Å². The number of rotatable bonds is 11. The van der Waals surface area contributed by atoms with E-state index < -0.39 is 11.3 Å². The van der Waals surface area contributed by atoms with E-state index in [9.17, 15) is 9.59 Å². The molecule has 0 aliphatic heterocycles. The number of amides is 1. The summed E-state index contributed by atoms with van der Waals surface area (Å²) in [5, 5.41) is 16.6. The van der Waals surface area contributed by atoms with Crippen LogP contribution < -0.4 is 15.5 Å². The number of aromatic nitrogens is 4. The van der Waals surface area contributed by atoms with E-state index in [1.54, 1.807) is 48.5 Å². The lowest BCUT2D eigenvalue weighted by Gasteiger charge is -2.10. The maximum atomic E-state index is 13.1. The lowest BCUT2D eigenvalue weighted by molar-refractivity contribution is 0.102. The maximum Gasteiger partial charge on any atom is 0.255 e. The molecular weight excluding hydrogens is 434 g/mol. The van der Waals surface area contributed by atoms with Crippen molar-refractivity contribution in [3.8, 4) is 17.3 Å². The van der Waals surface area contributed by atoms with Gasteiger partial charge in [0, 0.05) is 5.56 Å². The third-order valence-corrected chi connectivity index (χ3v) is 5.27. The standard InChI is InChI=1S/C25H25N5O4/c1-2-3-4-5-6-9-16-33-18-14-12-17(13-15-18)25(32)26-21-22(31)19-10-7-8-11-20(19)34-23(21)24-27-29-30-28-24/h2,7-8,10-15H,1,3-6,9,16H2,(H,26,32)(H,27,28,29,30). The first-order chi connectivity index (χ1) is 16.7. The van der Waals surface area contributed by atoms with Crippen LogP contribution >= 0.6 is 0 Å². The molecule has 4 aromatic rings. The molecule has 1 amide bonds. The third kappa shape index (κ3) is 5.37. The fourth-order valence-corrected chi connectivity index (χ4v) is 3.49. The van der Waals surface area contributed by atoms with E-state index in [4.69, 9.17) is 9.15 Å². The Hall–Kier alpha value is -4.27. The van der Waals surface area contributed by atoms with Gasteiger partial charge in [0.1, 0.15) is 17.0 Å². The number of fused-ring (bicyclic) bond motifs is 1. The number of anilines is 1. The fraction of sp³-hybridized carbons (Fsp3) is 0.240. The van der Waals surface area contributed by atoms with Crippen molar-refractivity contribution in [3.63, 3.8) is 0 Å². The second kappa shape index (κ2) is 11.0. The van der Waals surface area contributed by atoms with E-state index in [1.807, 2.05) is 6.08 Å². The summed E-state index contributed by atoms with van der Waals surface area (Å²) in [5.74, 6) is 0.298. The lowest BCUT2D eigenvalue weighted by Crippen LogP contribution is -2.19. The van der Waals surface area contributed by atoms with Crippen molar-refractivity contribution in [2.24, 2.45) is 0 Å². The van der Waals surface area contributed by atoms with Crippen LogP contribution in [-0.2, 0) is 0 Å². The predicted molar refractivity (Wildman–Crippen MR) is 129 cm³/mol. The number of H-pyrrole nitrogens is 1. The van der Waals surface area contributed by atoms with Crippen molar-refractivity contribution < 1.29 is 13.9 Å². The van der Waals surface area contributed by atoms with Crippen molar-refractivity contribution in [1.82, 2.24) is 20.6 Å². The van der Waals surface area contributed by atoms with E-state index in [0.717, 1.165) is 32.1 Å². The van der Waals surface area contributed by atoms with Crippen molar-refractivity contribution >= 4 is 22.6 Å². The van der Waals surface area contributed by atoms with Crippen LogP contribution in [0.1, 0.15) is 42.5 Å². The van der Waals surface area contributed by atoms with E-state index in [-0.39, 0.29) is 17.3 Å². The second-order valence-corrected chi connectivity index (χ2v) is 7.69. The SMILES string of the molecule is C=CCCCCCCOc1ccc(C(=O)Nc2c(-c3nn[nH]n3)oc3ccccc3c2=O)cc1. The molecule has 0 saturated heterocycles. The molecule has 0 bridgehead atoms. The van der Waals surface area contributed by atoms with Crippen molar-refractivity contribution in [3.05, 3.63) is 77.0 Å². The second-order valence-electron chi connectivity index (χ2n) is 7.69. The molecule has 174 valence electrons. The minimum Gasteiger partial charge on any atom is -0.494 e.